The first kappa shape index (κ1) is 26.0. The van der Waals surface area contributed by atoms with Crippen LogP contribution in [0.1, 0.15) is 49.6 Å². The van der Waals surface area contributed by atoms with Crippen LogP contribution in [-0.4, -0.2) is 16.7 Å². The van der Waals surface area contributed by atoms with Gasteiger partial charge in [0.1, 0.15) is 0 Å². The van der Waals surface area contributed by atoms with Crippen LogP contribution in [-0.2, 0) is 11.5 Å². The smallest absolute Gasteiger partial charge is 0.271 e. The molecule has 1 heterocycles. The molecule has 0 aliphatic carbocycles. The fourth-order valence-electron chi connectivity index (χ4n) is 4.30. The van der Waals surface area contributed by atoms with Gasteiger partial charge in [-0.15, -0.1) is 0 Å². The van der Waals surface area contributed by atoms with E-state index in [1.54, 1.807) is 6.21 Å². The highest BCUT2D eigenvalue weighted by molar-refractivity contribution is 9.10. The molecule has 4 rings (SSSR count). The summed E-state index contributed by atoms with van der Waals surface area (Å²) in [6.45, 7) is 8.40. The van der Waals surface area contributed by atoms with E-state index in [4.69, 9.17) is 0 Å². The number of aryl methyl sites for hydroxylation is 2. The third kappa shape index (κ3) is 5.82. The lowest BCUT2D eigenvalue weighted by Crippen LogP contribution is -2.17. The molecule has 1 N–H and O–H groups in total. The largest absolute Gasteiger partial charge is 0.316 e. The molecular formula is C30H30BrN3OS. The number of aromatic nitrogens is 1. The van der Waals surface area contributed by atoms with Crippen molar-refractivity contribution in [3.63, 3.8) is 0 Å². The molecule has 0 atom stereocenters. The Bertz CT molecular complexity index is 1370. The Labute approximate surface area is 226 Å². The molecule has 36 heavy (non-hydrogen) atoms. The van der Waals surface area contributed by atoms with E-state index >= 15 is 0 Å². The molecule has 0 saturated heterocycles. The van der Waals surface area contributed by atoms with Gasteiger partial charge in [-0.3, -0.25) is 4.79 Å². The molecule has 0 aliphatic heterocycles. The number of benzene rings is 3. The number of rotatable bonds is 8. The van der Waals surface area contributed by atoms with Crippen LogP contribution in [0.2, 0.25) is 0 Å². The van der Waals surface area contributed by atoms with Gasteiger partial charge in [-0.2, -0.15) is 16.9 Å². The molecule has 1 amide bonds. The number of thioether (sulfide) groups is 1. The quantitative estimate of drug-likeness (QED) is 0.178. The summed E-state index contributed by atoms with van der Waals surface area (Å²) < 4.78 is 3.21. The topological polar surface area (TPSA) is 46.4 Å². The Hall–Kier alpha value is -3.09. The van der Waals surface area contributed by atoms with Gasteiger partial charge in [0.05, 0.1) is 11.9 Å². The molecule has 1 aromatic heterocycles. The molecular weight excluding hydrogens is 530 g/mol. The molecule has 184 valence electrons. The lowest BCUT2D eigenvalue weighted by Gasteiger charge is -2.15. The van der Waals surface area contributed by atoms with Gasteiger partial charge in [-0.1, -0.05) is 60.7 Å². The minimum atomic E-state index is -0.227. The number of carbonyl (C=O) groups excluding carboxylic acids is 1. The van der Waals surface area contributed by atoms with Crippen molar-refractivity contribution in [2.75, 3.05) is 0 Å². The average Bonchev–Trinajstić information content (AvgIpc) is 3.08. The highest BCUT2D eigenvalue weighted by atomic mass is 79.9. The minimum absolute atomic E-state index is 0.227. The zero-order valence-corrected chi connectivity index (χ0v) is 23.4. The van der Waals surface area contributed by atoms with Crippen molar-refractivity contribution in [3.8, 4) is 5.69 Å². The number of hydrazone groups is 1. The first-order valence-electron chi connectivity index (χ1n) is 11.8. The maximum absolute atomic E-state index is 12.7. The highest BCUT2D eigenvalue weighted by Gasteiger charge is 2.18. The molecule has 4 aromatic rings. The number of carbonyl (C=O) groups is 1. The average molecular weight is 561 g/mol. The van der Waals surface area contributed by atoms with Crippen molar-refractivity contribution in [3.05, 3.63) is 122 Å². The van der Waals surface area contributed by atoms with Crippen LogP contribution in [0.25, 0.3) is 5.69 Å². The Morgan fingerprint density at radius 2 is 1.47 bits per heavy atom. The fraction of sp³-hybridized carbons (Fsp3) is 0.200. The second-order valence-electron chi connectivity index (χ2n) is 8.85. The van der Waals surface area contributed by atoms with Crippen molar-refractivity contribution in [2.45, 2.75) is 39.2 Å². The molecule has 6 heteroatoms. The Balaban J connectivity index is 1.40. The van der Waals surface area contributed by atoms with Gasteiger partial charge in [-0.25, -0.2) is 5.43 Å². The maximum Gasteiger partial charge on any atom is 0.271 e. The first-order valence-corrected chi connectivity index (χ1v) is 13.8. The predicted octanol–water partition coefficient (Wildman–Crippen LogP) is 7.67. The van der Waals surface area contributed by atoms with E-state index < -0.39 is 0 Å². The zero-order valence-electron chi connectivity index (χ0n) is 21.0. The first-order chi connectivity index (χ1) is 17.4. The summed E-state index contributed by atoms with van der Waals surface area (Å²) in [6.07, 6.45) is 1.71. The monoisotopic (exact) mass is 559 g/mol. The zero-order chi connectivity index (χ0) is 25.7. The predicted molar refractivity (Wildman–Crippen MR) is 155 cm³/mol. The second kappa shape index (κ2) is 11.8. The van der Waals surface area contributed by atoms with E-state index in [0.29, 0.717) is 5.56 Å². The highest BCUT2D eigenvalue weighted by Crippen LogP contribution is 2.32. The number of hydrogen-bond acceptors (Lipinski definition) is 3. The summed E-state index contributed by atoms with van der Waals surface area (Å²) in [6, 6.07) is 24.5. The minimum Gasteiger partial charge on any atom is -0.316 e. The van der Waals surface area contributed by atoms with Gasteiger partial charge in [0.2, 0.25) is 0 Å². The molecule has 0 spiro atoms. The van der Waals surface area contributed by atoms with Crippen LogP contribution in [0, 0.1) is 27.7 Å². The van der Waals surface area contributed by atoms with Crippen LogP contribution < -0.4 is 5.43 Å². The second-order valence-corrected chi connectivity index (χ2v) is 10.6. The van der Waals surface area contributed by atoms with Crippen molar-refractivity contribution in [1.29, 1.82) is 0 Å². The molecule has 0 fully saturated rings. The molecule has 0 bridgehead atoms. The summed E-state index contributed by atoms with van der Waals surface area (Å²) >= 11 is 5.59. The summed E-state index contributed by atoms with van der Waals surface area (Å²) in [5, 5.41) is 4.27. The van der Waals surface area contributed by atoms with Crippen molar-refractivity contribution in [1.82, 2.24) is 9.99 Å². The molecule has 0 saturated carbocycles. The molecule has 0 radical (unpaired) electrons. The van der Waals surface area contributed by atoms with E-state index in [1.807, 2.05) is 42.1 Å². The van der Waals surface area contributed by atoms with Gasteiger partial charge in [0.25, 0.3) is 5.91 Å². The van der Waals surface area contributed by atoms with E-state index in [-0.39, 0.29) is 5.91 Å². The van der Waals surface area contributed by atoms with E-state index in [9.17, 15) is 4.79 Å². The number of amides is 1. The Kier molecular flexibility index (Phi) is 8.49. The van der Waals surface area contributed by atoms with E-state index in [2.05, 4.69) is 101 Å². The number of nitrogens with one attached hydrogen (secondary N) is 1. The number of nitrogens with zero attached hydrogens (tertiary/aromatic N) is 2. The standard InChI is InChI=1S/C30H30BrN3OS/c1-20-9-8-10-21(2)29(20)34-22(3)27(28(31)23(34)4)17-32-33-30(35)26-15-13-25(14-16-26)19-36-18-24-11-6-5-7-12-24/h5-17H,18-19H2,1-4H3,(H,33,35)/b32-17-. The lowest BCUT2D eigenvalue weighted by molar-refractivity contribution is 0.0955. The Morgan fingerprint density at radius 1 is 0.861 bits per heavy atom. The van der Waals surface area contributed by atoms with Crippen LogP contribution in [0.5, 0.6) is 0 Å². The van der Waals surface area contributed by atoms with Gasteiger partial charge >= 0.3 is 0 Å². The number of hydrogen-bond donors (Lipinski definition) is 1. The molecule has 3 aromatic carbocycles. The van der Waals surface area contributed by atoms with Crippen molar-refractivity contribution < 1.29 is 4.79 Å². The summed E-state index contributed by atoms with van der Waals surface area (Å²) in [7, 11) is 0. The van der Waals surface area contributed by atoms with Crippen LogP contribution in [0.3, 0.4) is 0 Å². The third-order valence-corrected chi connectivity index (χ3v) is 8.31. The number of halogens is 1. The summed E-state index contributed by atoms with van der Waals surface area (Å²) in [5.41, 5.74) is 12.5. The van der Waals surface area contributed by atoms with Gasteiger partial charge in [0.15, 0.2) is 0 Å². The van der Waals surface area contributed by atoms with Gasteiger partial charge in [-0.05, 0) is 78.0 Å². The van der Waals surface area contributed by atoms with Crippen LogP contribution in [0.4, 0.5) is 0 Å². The third-order valence-electron chi connectivity index (χ3n) is 6.23. The van der Waals surface area contributed by atoms with Crippen LogP contribution >= 0.6 is 27.7 Å². The van der Waals surface area contributed by atoms with E-state index in [1.165, 1.54) is 27.9 Å². The normalized spacial score (nSPS) is 11.2. The molecule has 4 nitrogen and oxygen atoms in total. The van der Waals surface area contributed by atoms with Crippen LogP contribution in [0.15, 0.2) is 82.4 Å². The molecule has 0 aliphatic rings. The van der Waals surface area contributed by atoms with Crippen molar-refractivity contribution in [2.24, 2.45) is 5.10 Å². The lowest BCUT2D eigenvalue weighted by atomic mass is 10.1. The van der Waals surface area contributed by atoms with Crippen molar-refractivity contribution >= 4 is 39.8 Å². The maximum atomic E-state index is 12.7. The van der Waals surface area contributed by atoms with Gasteiger partial charge < -0.3 is 4.57 Å². The van der Waals surface area contributed by atoms with E-state index in [0.717, 1.165) is 32.9 Å². The SMILES string of the molecule is Cc1cccc(C)c1-n1c(C)c(Br)c(/C=N\NC(=O)c2ccc(CSCc3ccccc3)cc2)c1C. The summed E-state index contributed by atoms with van der Waals surface area (Å²) in [5.74, 6) is 1.64. The summed E-state index contributed by atoms with van der Waals surface area (Å²) in [4.78, 5) is 12.7. The fourth-order valence-corrected chi connectivity index (χ4v) is 5.83. The number of para-hydroxylation sites is 1. The Morgan fingerprint density at radius 3 is 2.11 bits per heavy atom. The van der Waals surface area contributed by atoms with Gasteiger partial charge in [0, 0.05) is 38.5 Å². The molecule has 0 unspecified atom stereocenters.